The monoisotopic (exact) mass is 332 g/mol. The van der Waals surface area contributed by atoms with Crippen molar-refractivity contribution in [1.29, 1.82) is 0 Å². The Hall–Kier alpha value is -1.79. The Morgan fingerprint density at radius 3 is 2.52 bits per heavy atom. The number of ether oxygens (including phenoxy) is 1. The first-order valence-corrected chi connectivity index (χ1v) is 8.69. The van der Waals surface area contributed by atoms with Gasteiger partial charge in [0, 0.05) is 25.3 Å². The van der Waals surface area contributed by atoms with Crippen LogP contribution in [0.25, 0.3) is 6.08 Å². The summed E-state index contributed by atoms with van der Waals surface area (Å²) in [6.07, 6.45) is 2.57. The molecule has 0 radical (unpaired) electrons. The van der Waals surface area contributed by atoms with Crippen molar-refractivity contribution < 1.29 is 14.3 Å². The standard InChI is InChI=1S/C17H20N2O3S/c1-2-7-19-16(20)15(23-17(19)21)12-13-3-5-14(6-4-13)18-8-10-22-11-9-18/h3-6,12H,2,7-11H2,1H3/b15-12-. The fourth-order valence-corrected chi connectivity index (χ4v) is 3.54. The van der Waals surface area contributed by atoms with E-state index in [1.807, 2.05) is 31.2 Å². The van der Waals surface area contributed by atoms with Crippen molar-refractivity contribution in [3.05, 3.63) is 34.7 Å². The molecule has 0 N–H and O–H groups in total. The van der Waals surface area contributed by atoms with E-state index < -0.39 is 0 Å². The number of hydrogen-bond donors (Lipinski definition) is 0. The molecular formula is C17H20N2O3S. The molecule has 2 amide bonds. The number of carbonyl (C=O) groups excluding carboxylic acids is 2. The number of amides is 2. The average molecular weight is 332 g/mol. The van der Waals surface area contributed by atoms with Gasteiger partial charge in [-0.2, -0.15) is 0 Å². The SMILES string of the molecule is CCCN1C(=O)S/C(=C\c2ccc(N3CCOCC3)cc2)C1=O. The molecule has 2 saturated heterocycles. The molecule has 0 saturated carbocycles. The molecule has 122 valence electrons. The maximum atomic E-state index is 12.2. The van der Waals surface area contributed by atoms with Gasteiger partial charge in [0.05, 0.1) is 18.1 Å². The number of thioether (sulfide) groups is 1. The first-order chi connectivity index (χ1) is 11.2. The summed E-state index contributed by atoms with van der Waals surface area (Å²) in [7, 11) is 0. The summed E-state index contributed by atoms with van der Waals surface area (Å²) < 4.78 is 5.36. The summed E-state index contributed by atoms with van der Waals surface area (Å²) in [5, 5.41) is -0.173. The lowest BCUT2D eigenvalue weighted by molar-refractivity contribution is -0.122. The number of rotatable bonds is 4. The Bertz CT molecular complexity index is 621. The van der Waals surface area contributed by atoms with Gasteiger partial charge in [0.2, 0.25) is 0 Å². The van der Waals surface area contributed by atoms with Crippen molar-refractivity contribution in [3.8, 4) is 0 Å². The smallest absolute Gasteiger partial charge is 0.293 e. The van der Waals surface area contributed by atoms with Crippen LogP contribution in [0.4, 0.5) is 10.5 Å². The third-order valence-corrected chi connectivity index (χ3v) is 4.80. The molecular weight excluding hydrogens is 312 g/mol. The fourth-order valence-electron chi connectivity index (χ4n) is 2.67. The van der Waals surface area contributed by atoms with Gasteiger partial charge in [0.15, 0.2) is 0 Å². The number of anilines is 1. The molecule has 0 atom stereocenters. The van der Waals surface area contributed by atoms with Crippen LogP contribution in [0.3, 0.4) is 0 Å². The second kappa shape index (κ2) is 7.19. The topological polar surface area (TPSA) is 49.9 Å². The summed E-state index contributed by atoms with van der Waals surface area (Å²) in [4.78, 5) is 28.2. The fraction of sp³-hybridized carbons (Fsp3) is 0.412. The average Bonchev–Trinajstić information content (AvgIpc) is 2.84. The zero-order valence-electron chi connectivity index (χ0n) is 13.2. The Kier molecular flexibility index (Phi) is 5.03. The van der Waals surface area contributed by atoms with Crippen LogP contribution >= 0.6 is 11.8 Å². The van der Waals surface area contributed by atoms with Crippen molar-refractivity contribution >= 4 is 34.7 Å². The van der Waals surface area contributed by atoms with Crippen LogP contribution in [0.5, 0.6) is 0 Å². The number of morpholine rings is 1. The maximum absolute atomic E-state index is 12.2. The minimum absolute atomic E-state index is 0.173. The quantitative estimate of drug-likeness (QED) is 0.794. The zero-order chi connectivity index (χ0) is 16.2. The van der Waals surface area contributed by atoms with Crippen LogP contribution in [-0.4, -0.2) is 48.9 Å². The highest BCUT2D eigenvalue weighted by atomic mass is 32.2. The third-order valence-electron chi connectivity index (χ3n) is 3.89. The van der Waals surface area contributed by atoms with Crippen molar-refractivity contribution in [2.24, 2.45) is 0 Å². The highest BCUT2D eigenvalue weighted by molar-refractivity contribution is 8.18. The first-order valence-electron chi connectivity index (χ1n) is 7.87. The number of nitrogens with zero attached hydrogens (tertiary/aromatic N) is 2. The molecule has 0 unspecified atom stereocenters. The number of benzene rings is 1. The van der Waals surface area contributed by atoms with Gasteiger partial charge in [-0.25, -0.2) is 0 Å². The summed E-state index contributed by atoms with van der Waals surface area (Å²) >= 11 is 1.02. The predicted octanol–water partition coefficient (Wildman–Crippen LogP) is 2.97. The third kappa shape index (κ3) is 3.59. The Balaban J connectivity index is 1.72. The van der Waals surface area contributed by atoms with Crippen molar-refractivity contribution in [2.45, 2.75) is 13.3 Å². The van der Waals surface area contributed by atoms with E-state index in [1.165, 1.54) is 4.90 Å². The lowest BCUT2D eigenvalue weighted by atomic mass is 10.1. The van der Waals surface area contributed by atoms with E-state index in [2.05, 4.69) is 4.90 Å². The van der Waals surface area contributed by atoms with Crippen LogP contribution in [-0.2, 0) is 9.53 Å². The van der Waals surface area contributed by atoms with Crippen LogP contribution in [0.15, 0.2) is 29.2 Å². The summed E-state index contributed by atoms with van der Waals surface area (Å²) in [5.41, 5.74) is 2.09. The highest BCUT2D eigenvalue weighted by Gasteiger charge is 2.34. The number of carbonyl (C=O) groups is 2. The Morgan fingerprint density at radius 2 is 1.87 bits per heavy atom. The van der Waals surface area contributed by atoms with Crippen LogP contribution in [0, 0.1) is 0 Å². The van der Waals surface area contributed by atoms with Crippen LogP contribution in [0.1, 0.15) is 18.9 Å². The van der Waals surface area contributed by atoms with E-state index in [4.69, 9.17) is 4.74 Å². The molecule has 0 bridgehead atoms. The van der Waals surface area contributed by atoms with Crippen molar-refractivity contribution in [2.75, 3.05) is 37.7 Å². The van der Waals surface area contributed by atoms with Gasteiger partial charge in [-0.3, -0.25) is 14.5 Å². The summed E-state index contributed by atoms with van der Waals surface area (Å²) in [6, 6.07) is 8.07. The van der Waals surface area contributed by atoms with E-state index >= 15 is 0 Å². The molecule has 5 nitrogen and oxygen atoms in total. The predicted molar refractivity (Wildman–Crippen MR) is 92.4 cm³/mol. The minimum Gasteiger partial charge on any atom is -0.378 e. The first kappa shape index (κ1) is 16.1. The minimum atomic E-state index is -0.181. The van der Waals surface area contributed by atoms with Crippen LogP contribution in [0.2, 0.25) is 0 Å². The van der Waals surface area contributed by atoms with Crippen LogP contribution < -0.4 is 4.90 Å². The molecule has 2 aliphatic rings. The summed E-state index contributed by atoms with van der Waals surface area (Å²) in [5.74, 6) is -0.181. The largest absolute Gasteiger partial charge is 0.378 e. The van der Waals surface area contributed by atoms with Gasteiger partial charge in [0.1, 0.15) is 0 Å². The molecule has 6 heteroatoms. The second-order valence-corrected chi connectivity index (χ2v) is 6.52. The molecule has 2 heterocycles. The van der Waals surface area contributed by atoms with Gasteiger partial charge in [-0.05, 0) is 42.0 Å². The highest BCUT2D eigenvalue weighted by Crippen LogP contribution is 2.32. The molecule has 2 aliphatic heterocycles. The molecule has 0 spiro atoms. The summed E-state index contributed by atoms with van der Waals surface area (Å²) in [6.45, 7) is 5.75. The van der Waals surface area contributed by atoms with E-state index in [1.54, 1.807) is 6.08 Å². The lowest BCUT2D eigenvalue weighted by Gasteiger charge is -2.28. The van der Waals surface area contributed by atoms with Crippen molar-refractivity contribution in [3.63, 3.8) is 0 Å². The Labute approximate surface area is 140 Å². The van der Waals surface area contributed by atoms with Crippen molar-refractivity contribution in [1.82, 2.24) is 4.90 Å². The number of imide groups is 1. The Morgan fingerprint density at radius 1 is 1.17 bits per heavy atom. The molecule has 0 aliphatic carbocycles. The molecule has 0 aromatic heterocycles. The normalized spacial score (nSPS) is 20.7. The molecule has 1 aromatic rings. The van der Waals surface area contributed by atoms with Gasteiger partial charge in [0.25, 0.3) is 11.1 Å². The number of hydrogen-bond acceptors (Lipinski definition) is 5. The second-order valence-electron chi connectivity index (χ2n) is 5.52. The van der Waals surface area contributed by atoms with E-state index in [9.17, 15) is 9.59 Å². The molecule has 3 rings (SSSR count). The van der Waals surface area contributed by atoms with Gasteiger partial charge < -0.3 is 9.64 Å². The maximum Gasteiger partial charge on any atom is 0.293 e. The van der Waals surface area contributed by atoms with Gasteiger partial charge in [-0.1, -0.05) is 19.1 Å². The van der Waals surface area contributed by atoms with E-state index in [0.29, 0.717) is 11.4 Å². The molecule has 1 aromatic carbocycles. The molecule has 2 fully saturated rings. The van der Waals surface area contributed by atoms with Gasteiger partial charge >= 0.3 is 0 Å². The lowest BCUT2D eigenvalue weighted by Crippen LogP contribution is -2.36. The molecule has 23 heavy (non-hydrogen) atoms. The van der Waals surface area contributed by atoms with Gasteiger partial charge in [-0.15, -0.1) is 0 Å². The van der Waals surface area contributed by atoms with E-state index in [-0.39, 0.29) is 11.1 Å². The zero-order valence-corrected chi connectivity index (χ0v) is 14.0. The van der Waals surface area contributed by atoms with E-state index in [0.717, 1.165) is 55.7 Å².